The Morgan fingerprint density at radius 1 is 1.12 bits per heavy atom. The maximum Gasteiger partial charge on any atom is 0.407 e. The predicted octanol–water partition coefficient (Wildman–Crippen LogP) is 3.40. The minimum atomic E-state index is -1.03. The molecule has 1 aliphatic heterocycles. The Labute approximate surface area is 198 Å². The van der Waals surface area contributed by atoms with Crippen LogP contribution in [0.25, 0.3) is 11.1 Å². The van der Waals surface area contributed by atoms with Crippen LogP contribution in [0.3, 0.4) is 0 Å². The van der Waals surface area contributed by atoms with Gasteiger partial charge in [0.25, 0.3) is 0 Å². The van der Waals surface area contributed by atoms with Gasteiger partial charge in [0.05, 0.1) is 6.10 Å². The van der Waals surface area contributed by atoms with Crippen molar-refractivity contribution in [3.05, 3.63) is 59.7 Å². The van der Waals surface area contributed by atoms with Gasteiger partial charge in [0.2, 0.25) is 5.91 Å². The van der Waals surface area contributed by atoms with Crippen LogP contribution in [0.2, 0.25) is 0 Å². The molecule has 34 heavy (non-hydrogen) atoms. The monoisotopic (exact) mass is 466 g/mol. The number of carbonyl (C=O) groups excluding carboxylic acids is 2. The summed E-state index contributed by atoms with van der Waals surface area (Å²) in [5.41, 5.74) is 4.43. The highest BCUT2D eigenvalue weighted by atomic mass is 16.5. The van der Waals surface area contributed by atoms with Crippen molar-refractivity contribution in [2.45, 2.75) is 44.2 Å². The first kappa shape index (κ1) is 23.8. The fraction of sp³-hybridized carbons (Fsp3) is 0.423. The van der Waals surface area contributed by atoms with Gasteiger partial charge in [-0.05, 0) is 42.0 Å². The molecule has 180 valence electrons. The van der Waals surface area contributed by atoms with Crippen molar-refractivity contribution < 1.29 is 29.0 Å². The Balaban J connectivity index is 1.43. The van der Waals surface area contributed by atoms with Crippen LogP contribution in [0, 0.1) is 0 Å². The van der Waals surface area contributed by atoms with E-state index in [1.165, 1.54) is 0 Å². The molecule has 2 N–H and O–H groups in total. The molecule has 2 aromatic rings. The van der Waals surface area contributed by atoms with Gasteiger partial charge in [-0.2, -0.15) is 0 Å². The maximum atomic E-state index is 13.1. The number of carboxylic acid groups (broad SMARTS) is 1. The molecule has 2 aliphatic rings. The maximum absolute atomic E-state index is 13.1. The highest BCUT2D eigenvalue weighted by molar-refractivity contribution is 5.86. The minimum Gasteiger partial charge on any atom is -0.481 e. The van der Waals surface area contributed by atoms with Gasteiger partial charge in [-0.25, -0.2) is 4.79 Å². The molecule has 8 heteroatoms. The summed E-state index contributed by atoms with van der Waals surface area (Å²) < 4.78 is 11.2. The number of carboxylic acids is 1. The van der Waals surface area contributed by atoms with Crippen molar-refractivity contribution in [2.75, 3.05) is 26.3 Å². The van der Waals surface area contributed by atoms with Crippen molar-refractivity contribution in [3.63, 3.8) is 0 Å². The summed E-state index contributed by atoms with van der Waals surface area (Å²) in [7, 11) is 0. The molecule has 0 aromatic heterocycles. The van der Waals surface area contributed by atoms with Crippen LogP contribution in [0.1, 0.15) is 43.2 Å². The topological polar surface area (TPSA) is 105 Å². The number of nitrogens with zero attached hydrogens (tertiary/aromatic N) is 1. The first-order chi connectivity index (χ1) is 16.4. The second kappa shape index (κ2) is 10.7. The SMILES string of the molecule is CC1CN(C(=O)C(CCC(=O)O)NC(=O)OCC2c3ccccc3-c3ccccc32)CCCO1. The lowest BCUT2D eigenvalue weighted by molar-refractivity contribution is -0.138. The number of aliphatic carboxylic acids is 1. The standard InChI is InChI=1S/C26H30N2O6/c1-17-15-28(13-6-14-33-17)25(31)23(11-12-24(29)30)27-26(32)34-16-22-20-9-4-2-7-18(20)19-8-3-5-10-21(19)22/h2-5,7-10,17,22-23H,6,11-16H2,1H3,(H,27,32)(H,29,30). The fourth-order valence-electron chi connectivity index (χ4n) is 4.72. The highest BCUT2D eigenvalue weighted by Gasteiger charge is 2.31. The second-order valence-electron chi connectivity index (χ2n) is 8.77. The Hall–Kier alpha value is -3.39. The van der Waals surface area contributed by atoms with E-state index in [1.54, 1.807) is 4.90 Å². The summed E-state index contributed by atoms with van der Waals surface area (Å²) in [5, 5.41) is 11.7. The van der Waals surface area contributed by atoms with Gasteiger partial charge in [-0.1, -0.05) is 48.5 Å². The lowest BCUT2D eigenvalue weighted by atomic mass is 9.98. The smallest absolute Gasteiger partial charge is 0.407 e. The zero-order valence-electron chi connectivity index (χ0n) is 19.2. The molecule has 8 nitrogen and oxygen atoms in total. The molecule has 4 rings (SSSR count). The number of benzene rings is 2. The molecule has 2 amide bonds. The Kier molecular flexibility index (Phi) is 7.47. The fourth-order valence-corrected chi connectivity index (χ4v) is 4.72. The predicted molar refractivity (Wildman–Crippen MR) is 125 cm³/mol. The number of amides is 2. The summed E-state index contributed by atoms with van der Waals surface area (Å²) >= 11 is 0. The van der Waals surface area contributed by atoms with E-state index in [2.05, 4.69) is 17.4 Å². The Bertz CT molecular complexity index is 1010. The van der Waals surface area contributed by atoms with Crippen LogP contribution >= 0.6 is 0 Å². The van der Waals surface area contributed by atoms with E-state index in [-0.39, 0.29) is 37.4 Å². The third-order valence-electron chi connectivity index (χ3n) is 6.34. The second-order valence-corrected chi connectivity index (χ2v) is 8.77. The first-order valence-electron chi connectivity index (χ1n) is 11.7. The molecule has 1 aliphatic carbocycles. The van der Waals surface area contributed by atoms with Crippen LogP contribution in [-0.4, -0.2) is 66.4 Å². The molecule has 0 radical (unpaired) electrons. The number of fused-ring (bicyclic) bond motifs is 3. The number of nitrogens with one attached hydrogen (secondary N) is 1. The van der Waals surface area contributed by atoms with E-state index in [4.69, 9.17) is 14.6 Å². The molecular formula is C26H30N2O6. The molecule has 2 aromatic carbocycles. The number of hydrogen-bond donors (Lipinski definition) is 2. The van der Waals surface area contributed by atoms with E-state index >= 15 is 0 Å². The third-order valence-corrected chi connectivity index (χ3v) is 6.34. The molecule has 1 saturated heterocycles. The number of rotatable bonds is 7. The zero-order chi connectivity index (χ0) is 24.1. The van der Waals surface area contributed by atoms with Crippen LogP contribution in [-0.2, 0) is 19.1 Å². The van der Waals surface area contributed by atoms with Gasteiger partial charge < -0.3 is 24.8 Å². The summed E-state index contributed by atoms with van der Waals surface area (Å²) in [5.74, 6) is -1.44. The number of alkyl carbamates (subject to hydrolysis) is 1. The van der Waals surface area contributed by atoms with Gasteiger partial charge in [0.15, 0.2) is 0 Å². The number of hydrogen-bond acceptors (Lipinski definition) is 5. The molecule has 0 spiro atoms. The molecule has 0 bridgehead atoms. The zero-order valence-corrected chi connectivity index (χ0v) is 19.2. The Morgan fingerprint density at radius 2 is 1.76 bits per heavy atom. The van der Waals surface area contributed by atoms with Crippen LogP contribution < -0.4 is 5.32 Å². The van der Waals surface area contributed by atoms with Crippen molar-refractivity contribution in [1.29, 1.82) is 0 Å². The van der Waals surface area contributed by atoms with Gasteiger partial charge in [0, 0.05) is 32.0 Å². The summed E-state index contributed by atoms with van der Waals surface area (Å²) in [6, 6.07) is 15.1. The van der Waals surface area contributed by atoms with E-state index in [9.17, 15) is 14.4 Å². The summed E-state index contributed by atoms with van der Waals surface area (Å²) in [4.78, 5) is 38.6. The molecular weight excluding hydrogens is 436 g/mol. The van der Waals surface area contributed by atoms with E-state index < -0.39 is 18.1 Å². The Morgan fingerprint density at radius 3 is 2.41 bits per heavy atom. The van der Waals surface area contributed by atoms with Crippen LogP contribution in [0.4, 0.5) is 4.79 Å². The molecule has 0 saturated carbocycles. The van der Waals surface area contributed by atoms with Gasteiger partial charge in [-0.15, -0.1) is 0 Å². The minimum absolute atomic E-state index is 0.00982. The van der Waals surface area contributed by atoms with Gasteiger partial charge in [-0.3, -0.25) is 9.59 Å². The van der Waals surface area contributed by atoms with Crippen molar-refractivity contribution in [3.8, 4) is 11.1 Å². The van der Waals surface area contributed by atoms with E-state index in [1.807, 2.05) is 43.3 Å². The summed E-state index contributed by atoms with van der Waals surface area (Å²) in [6.45, 7) is 3.46. The quantitative estimate of drug-likeness (QED) is 0.648. The highest BCUT2D eigenvalue weighted by Crippen LogP contribution is 2.44. The van der Waals surface area contributed by atoms with Crippen LogP contribution in [0.15, 0.2) is 48.5 Å². The normalized spacial score (nSPS) is 18.4. The molecule has 2 atom stereocenters. The third kappa shape index (κ3) is 5.39. The lowest BCUT2D eigenvalue weighted by Crippen LogP contribution is -2.50. The summed E-state index contributed by atoms with van der Waals surface area (Å²) in [6.07, 6.45) is -0.415. The lowest BCUT2D eigenvalue weighted by Gasteiger charge is -2.27. The average molecular weight is 467 g/mol. The average Bonchev–Trinajstić information content (AvgIpc) is 2.98. The number of carbonyl (C=O) groups is 3. The van der Waals surface area contributed by atoms with Crippen molar-refractivity contribution in [2.24, 2.45) is 0 Å². The molecule has 1 heterocycles. The van der Waals surface area contributed by atoms with Gasteiger partial charge >= 0.3 is 12.1 Å². The van der Waals surface area contributed by atoms with Crippen LogP contribution in [0.5, 0.6) is 0 Å². The first-order valence-corrected chi connectivity index (χ1v) is 11.7. The van der Waals surface area contributed by atoms with Gasteiger partial charge in [0.1, 0.15) is 12.6 Å². The van der Waals surface area contributed by atoms with E-state index in [0.717, 1.165) is 22.3 Å². The van der Waals surface area contributed by atoms with Crippen molar-refractivity contribution >= 4 is 18.0 Å². The largest absolute Gasteiger partial charge is 0.481 e. The van der Waals surface area contributed by atoms with E-state index in [0.29, 0.717) is 26.1 Å². The number of ether oxygens (including phenoxy) is 2. The van der Waals surface area contributed by atoms with Crippen molar-refractivity contribution in [1.82, 2.24) is 10.2 Å². The molecule has 1 fully saturated rings. The molecule has 2 unspecified atom stereocenters.